The molecule has 22 heavy (non-hydrogen) atoms. The summed E-state index contributed by atoms with van der Waals surface area (Å²) >= 11 is 5.79. The molecule has 1 aromatic heterocycles. The van der Waals surface area contributed by atoms with E-state index in [1.54, 1.807) is 12.3 Å². The number of nitro groups is 1. The van der Waals surface area contributed by atoms with E-state index in [9.17, 15) is 10.1 Å². The van der Waals surface area contributed by atoms with Crippen molar-refractivity contribution in [2.75, 3.05) is 20.4 Å². The second-order valence-electron chi connectivity index (χ2n) is 5.53. The molecule has 0 radical (unpaired) electrons. The van der Waals surface area contributed by atoms with E-state index < -0.39 is 5.03 Å². The van der Waals surface area contributed by atoms with Gasteiger partial charge in [0.05, 0.1) is 13.3 Å². The SMILES string of the molecule is CC(C)N1CN(C)CN(Cc2ccc(Cl)nc2)/C1=N\[N+](=O)[O-]. The first-order valence-corrected chi connectivity index (χ1v) is 7.28. The van der Waals surface area contributed by atoms with Gasteiger partial charge in [-0.2, -0.15) is 0 Å². The van der Waals surface area contributed by atoms with Crippen molar-refractivity contribution >= 4 is 17.6 Å². The molecule has 1 fully saturated rings. The third-order valence-electron chi connectivity index (χ3n) is 3.30. The summed E-state index contributed by atoms with van der Waals surface area (Å²) in [6.07, 6.45) is 1.67. The maximum absolute atomic E-state index is 10.9. The Bertz CT molecular complexity index is 562. The van der Waals surface area contributed by atoms with Crippen molar-refractivity contribution in [3.63, 3.8) is 0 Å². The van der Waals surface area contributed by atoms with Crippen molar-refractivity contribution in [2.24, 2.45) is 5.10 Å². The van der Waals surface area contributed by atoms with Crippen LogP contribution in [0.25, 0.3) is 0 Å². The van der Waals surface area contributed by atoms with Crippen LogP contribution in [0.4, 0.5) is 0 Å². The van der Waals surface area contributed by atoms with Crippen LogP contribution in [0.15, 0.2) is 23.4 Å². The van der Waals surface area contributed by atoms with E-state index in [0.29, 0.717) is 31.0 Å². The average Bonchev–Trinajstić information content (AvgIpc) is 2.43. The van der Waals surface area contributed by atoms with E-state index in [4.69, 9.17) is 11.6 Å². The summed E-state index contributed by atoms with van der Waals surface area (Å²) in [5.74, 6) is 0.369. The summed E-state index contributed by atoms with van der Waals surface area (Å²) in [5.41, 5.74) is 0.916. The quantitative estimate of drug-likeness (QED) is 0.475. The van der Waals surface area contributed by atoms with Crippen molar-refractivity contribution in [3.8, 4) is 0 Å². The summed E-state index contributed by atoms with van der Waals surface area (Å²) in [7, 11) is 1.96. The molecule has 0 spiro atoms. The fraction of sp³-hybridized carbons (Fsp3) is 0.538. The lowest BCUT2D eigenvalue weighted by Crippen LogP contribution is -2.59. The number of aromatic nitrogens is 1. The zero-order valence-electron chi connectivity index (χ0n) is 12.8. The van der Waals surface area contributed by atoms with Crippen LogP contribution in [0.5, 0.6) is 0 Å². The van der Waals surface area contributed by atoms with Gasteiger partial charge in [-0.15, -0.1) is 0 Å². The van der Waals surface area contributed by atoms with E-state index in [1.807, 2.05) is 36.8 Å². The first-order chi connectivity index (χ1) is 10.4. The molecule has 1 saturated heterocycles. The molecule has 9 heteroatoms. The molecule has 0 unspecified atom stereocenters. The third kappa shape index (κ3) is 4.05. The smallest absolute Gasteiger partial charge is 0.276 e. The van der Waals surface area contributed by atoms with Crippen LogP contribution >= 0.6 is 11.6 Å². The van der Waals surface area contributed by atoms with Gasteiger partial charge < -0.3 is 9.80 Å². The number of hydrazone groups is 1. The number of rotatable bonds is 4. The molecule has 0 amide bonds. The van der Waals surface area contributed by atoms with Gasteiger partial charge in [-0.05, 0) is 32.5 Å². The zero-order valence-corrected chi connectivity index (χ0v) is 13.6. The van der Waals surface area contributed by atoms with Crippen molar-refractivity contribution in [2.45, 2.75) is 26.4 Å². The fourth-order valence-electron chi connectivity index (χ4n) is 2.33. The van der Waals surface area contributed by atoms with Gasteiger partial charge in [0, 0.05) is 18.8 Å². The molecule has 0 atom stereocenters. The lowest BCUT2D eigenvalue weighted by atomic mass is 10.2. The first kappa shape index (κ1) is 16.4. The van der Waals surface area contributed by atoms with Crippen LogP contribution in [0.2, 0.25) is 5.15 Å². The summed E-state index contributed by atoms with van der Waals surface area (Å²) in [4.78, 5) is 20.8. The van der Waals surface area contributed by atoms with Gasteiger partial charge in [0.1, 0.15) is 10.3 Å². The Morgan fingerprint density at radius 3 is 2.73 bits per heavy atom. The summed E-state index contributed by atoms with van der Waals surface area (Å²) in [6.45, 7) is 5.59. The second-order valence-corrected chi connectivity index (χ2v) is 5.91. The molecule has 120 valence electrons. The maximum Gasteiger partial charge on any atom is 0.276 e. The molecule has 0 saturated carbocycles. The van der Waals surface area contributed by atoms with E-state index >= 15 is 0 Å². The highest BCUT2D eigenvalue weighted by Crippen LogP contribution is 2.16. The fourth-order valence-corrected chi connectivity index (χ4v) is 2.45. The van der Waals surface area contributed by atoms with Gasteiger partial charge in [-0.3, -0.25) is 4.90 Å². The number of hydrogen-bond donors (Lipinski definition) is 0. The van der Waals surface area contributed by atoms with Gasteiger partial charge in [-0.25, -0.2) is 15.1 Å². The van der Waals surface area contributed by atoms with Gasteiger partial charge in [-0.1, -0.05) is 17.7 Å². The Morgan fingerprint density at radius 1 is 1.45 bits per heavy atom. The van der Waals surface area contributed by atoms with Crippen molar-refractivity contribution < 1.29 is 5.03 Å². The van der Waals surface area contributed by atoms with E-state index in [2.05, 4.69) is 15.0 Å². The van der Waals surface area contributed by atoms with Gasteiger partial charge >= 0.3 is 0 Å². The van der Waals surface area contributed by atoms with Crippen LogP contribution in [-0.4, -0.2) is 57.1 Å². The lowest BCUT2D eigenvalue weighted by Gasteiger charge is -2.43. The van der Waals surface area contributed by atoms with Crippen molar-refractivity contribution in [3.05, 3.63) is 39.2 Å². The van der Waals surface area contributed by atoms with E-state index in [1.165, 1.54) is 0 Å². The average molecular weight is 327 g/mol. The number of hydrogen-bond acceptors (Lipinski definition) is 4. The molecule has 2 heterocycles. The summed E-state index contributed by atoms with van der Waals surface area (Å²) < 4.78 is 0. The number of pyridine rings is 1. The second kappa shape index (κ2) is 6.89. The monoisotopic (exact) mass is 326 g/mol. The first-order valence-electron chi connectivity index (χ1n) is 6.90. The van der Waals surface area contributed by atoms with Crippen LogP contribution in [0.3, 0.4) is 0 Å². The highest BCUT2D eigenvalue weighted by atomic mass is 35.5. The number of halogens is 1. The molecule has 0 bridgehead atoms. The Labute approximate surface area is 134 Å². The normalized spacial score (nSPS) is 18.3. The molecular formula is C13H19ClN6O2. The maximum atomic E-state index is 10.9. The largest absolute Gasteiger partial charge is 0.322 e. The van der Waals surface area contributed by atoms with Crippen LogP contribution in [0, 0.1) is 10.1 Å². The van der Waals surface area contributed by atoms with E-state index in [-0.39, 0.29) is 6.04 Å². The lowest BCUT2D eigenvalue weighted by molar-refractivity contribution is -0.486. The summed E-state index contributed by atoms with van der Waals surface area (Å²) in [5, 5.41) is 14.2. The van der Waals surface area contributed by atoms with E-state index in [0.717, 1.165) is 5.56 Å². The Hall–Kier alpha value is -1.93. The molecule has 2 rings (SSSR count). The number of guanidine groups is 1. The van der Waals surface area contributed by atoms with Crippen LogP contribution in [0.1, 0.15) is 19.4 Å². The minimum absolute atomic E-state index is 0.104. The van der Waals surface area contributed by atoms with Crippen LogP contribution in [-0.2, 0) is 6.54 Å². The van der Waals surface area contributed by atoms with Crippen LogP contribution < -0.4 is 0 Å². The predicted molar refractivity (Wildman–Crippen MR) is 83.7 cm³/mol. The van der Waals surface area contributed by atoms with Crippen molar-refractivity contribution in [1.82, 2.24) is 19.7 Å². The third-order valence-corrected chi connectivity index (χ3v) is 3.53. The highest BCUT2D eigenvalue weighted by molar-refractivity contribution is 6.29. The highest BCUT2D eigenvalue weighted by Gasteiger charge is 2.31. The Kier molecular flexibility index (Phi) is 5.15. The standard InChI is InChI=1S/C13H19ClN6O2/c1-10(2)19-9-17(3)8-18(13(19)16-20(21)22)7-11-4-5-12(14)15-6-11/h4-6,10H,7-9H2,1-3H3/b16-13+. The van der Waals surface area contributed by atoms with Crippen molar-refractivity contribution in [1.29, 1.82) is 0 Å². The molecular weight excluding hydrogens is 308 g/mol. The number of nitrogens with zero attached hydrogens (tertiary/aromatic N) is 6. The zero-order chi connectivity index (χ0) is 16.3. The molecule has 0 N–H and O–H groups in total. The van der Waals surface area contributed by atoms with Gasteiger partial charge in [0.25, 0.3) is 5.96 Å². The minimum atomic E-state index is -0.650. The minimum Gasteiger partial charge on any atom is -0.322 e. The summed E-state index contributed by atoms with van der Waals surface area (Å²) in [6, 6.07) is 3.66. The molecule has 1 aromatic rings. The van der Waals surface area contributed by atoms with Gasteiger partial charge in [0.15, 0.2) is 5.03 Å². The topological polar surface area (TPSA) is 78.1 Å². The van der Waals surface area contributed by atoms with Gasteiger partial charge in [0.2, 0.25) is 0 Å². The Balaban J connectivity index is 2.28. The molecule has 1 aliphatic rings. The molecule has 0 aliphatic carbocycles. The predicted octanol–water partition coefficient (Wildman–Crippen LogP) is 1.66. The molecule has 1 aliphatic heterocycles. The Morgan fingerprint density at radius 2 is 2.18 bits per heavy atom. The molecule has 8 nitrogen and oxygen atoms in total. The molecule has 0 aromatic carbocycles.